The molecular formula is C19H24N2O3. The molecule has 0 heterocycles. The molecule has 2 aromatic carbocycles. The number of amides is 1. The molecule has 0 bridgehead atoms. The van der Waals surface area contributed by atoms with Crippen molar-refractivity contribution in [2.24, 2.45) is 5.73 Å². The first-order chi connectivity index (χ1) is 11.5. The highest BCUT2D eigenvalue weighted by atomic mass is 16.5. The molecule has 2 unspecified atom stereocenters. The van der Waals surface area contributed by atoms with Gasteiger partial charge in [-0.25, -0.2) is 0 Å². The van der Waals surface area contributed by atoms with Crippen molar-refractivity contribution in [3.05, 3.63) is 65.7 Å². The molecule has 0 radical (unpaired) electrons. The second-order valence-corrected chi connectivity index (χ2v) is 5.85. The van der Waals surface area contributed by atoms with Crippen LogP contribution in [0.15, 0.2) is 54.6 Å². The van der Waals surface area contributed by atoms with Crippen LogP contribution in [0.2, 0.25) is 0 Å². The van der Waals surface area contributed by atoms with Crippen molar-refractivity contribution in [1.29, 1.82) is 0 Å². The maximum atomic E-state index is 11.6. The zero-order chi connectivity index (χ0) is 17.4. The minimum absolute atomic E-state index is 0.147. The number of ether oxygens (including phenoxy) is 1. The Bertz CT molecular complexity index is 644. The van der Waals surface area contributed by atoms with Crippen molar-refractivity contribution >= 4 is 5.91 Å². The number of aliphatic hydroxyl groups excluding tert-OH is 1. The smallest absolute Gasteiger partial charge is 0.221 e. The molecule has 0 saturated carbocycles. The summed E-state index contributed by atoms with van der Waals surface area (Å²) >= 11 is 0. The Morgan fingerprint density at radius 1 is 1.21 bits per heavy atom. The molecule has 4 N–H and O–H groups in total. The maximum absolute atomic E-state index is 11.6. The maximum Gasteiger partial charge on any atom is 0.221 e. The van der Waals surface area contributed by atoms with Crippen molar-refractivity contribution in [2.75, 3.05) is 6.54 Å². The van der Waals surface area contributed by atoms with E-state index >= 15 is 0 Å². The van der Waals surface area contributed by atoms with Crippen molar-refractivity contribution < 1.29 is 14.6 Å². The van der Waals surface area contributed by atoms with E-state index in [0.717, 1.165) is 5.56 Å². The quantitative estimate of drug-likeness (QED) is 0.693. The fraction of sp³-hybridized carbons (Fsp3) is 0.316. The van der Waals surface area contributed by atoms with Gasteiger partial charge in [-0.2, -0.15) is 0 Å². The van der Waals surface area contributed by atoms with Crippen LogP contribution in [0, 0.1) is 0 Å². The second kappa shape index (κ2) is 9.05. The highest BCUT2D eigenvalue weighted by molar-refractivity contribution is 5.76. The molecule has 0 fully saturated rings. The van der Waals surface area contributed by atoms with Crippen LogP contribution in [0.3, 0.4) is 0 Å². The van der Waals surface area contributed by atoms with Gasteiger partial charge in [0.05, 0.1) is 6.10 Å². The van der Waals surface area contributed by atoms with Gasteiger partial charge in [-0.1, -0.05) is 42.5 Å². The highest BCUT2D eigenvalue weighted by Crippen LogP contribution is 2.20. The van der Waals surface area contributed by atoms with Crippen LogP contribution >= 0.6 is 0 Å². The standard InChI is InChI=1S/C19H24N2O3/c1-14(20)10-19(23)21-12-18(22)16-8-5-9-17(11-16)24-13-15-6-3-2-4-7-15/h2-9,11,14,18,22H,10,12-13,20H2,1H3,(H,21,23). The summed E-state index contributed by atoms with van der Waals surface area (Å²) in [6.07, 6.45) is -0.547. The molecule has 128 valence electrons. The molecule has 0 aliphatic rings. The van der Waals surface area contributed by atoms with Gasteiger partial charge in [0.2, 0.25) is 5.91 Å². The van der Waals surface area contributed by atoms with Crippen LogP contribution in [0.1, 0.15) is 30.6 Å². The third-order valence-corrected chi connectivity index (χ3v) is 3.49. The Kier molecular flexibility index (Phi) is 6.78. The fourth-order valence-electron chi connectivity index (χ4n) is 2.25. The Balaban J connectivity index is 1.88. The van der Waals surface area contributed by atoms with Gasteiger partial charge in [0.15, 0.2) is 0 Å². The first-order valence-electron chi connectivity index (χ1n) is 8.01. The molecule has 2 aromatic rings. The topological polar surface area (TPSA) is 84.6 Å². The first kappa shape index (κ1) is 18.0. The lowest BCUT2D eigenvalue weighted by Gasteiger charge is -2.14. The van der Waals surface area contributed by atoms with Gasteiger partial charge in [0, 0.05) is 19.0 Å². The van der Waals surface area contributed by atoms with Crippen LogP contribution in [0.25, 0.3) is 0 Å². The minimum Gasteiger partial charge on any atom is -0.489 e. The second-order valence-electron chi connectivity index (χ2n) is 5.85. The number of hydrogen-bond acceptors (Lipinski definition) is 4. The molecule has 2 rings (SSSR count). The molecule has 5 nitrogen and oxygen atoms in total. The lowest BCUT2D eigenvalue weighted by atomic mass is 10.1. The van der Waals surface area contributed by atoms with Gasteiger partial charge in [0.1, 0.15) is 12.4 Å². The number of rotatable bonds is 8. The minimum atomic E-state index is -0.790. The van der Waals surface area contributed by atoms with Crippen LogP contribution in [0.4, 0.5) is 0 Å². The third kappa shape index (κ3) is 6.02. The molecule has 0 aliphatic heterocycles. The van der Waals surface area contributed by atoms with Gasteiger partial charge >= 0.3 is 0 Å². The van der Waals surface area contributed by atoms with E-state index in [1.807, 2.05) is 42.5 Å². The predicted octanol–water partition coefficient (Wildman–Crippen LogP) is 2.15. The van der Waals surface area contributed by atoms with E-state index in [9.17, 15) is 9.90 Å². The zero-order valence-electron chi connectivity index (χ0n) is 13.8. The molecule has 24 heavy (non-hydrogen) atoms. The van der Waals surface area contributed by atoms with Gasteiger partial charge in [-0.3, -0.25) is 4.79 Å². The largest absolute Gasteiger partial charge is 0.489 e. The molecule has 0 aliphatic carbocycles. The van der Waals surface area contributed by atoms with Crippen LogP contribution in [-0.4, -0.2) is 23.6 Å². The fourth-order valence-corrected chi connectivity index (χ4v) is 2.25. The average Bonchev–Trinajstić information content (AvgIpc) is 2.58. The first-order valence-corrected chi connectivity index (χ1v) is 8.01. The Morgan fingerprint density at radius 3 is 2.67 bits per heavy atom. The van der Waals surface area contributed by atoms with E-state index in [-0.39, 0.29) is 24.9 Å². The molecule has 0 aromatic heterocycles. The summed E-state index contributed by atoms with van der Waals surface area (Å²) in [5.74, 6) is 0.512. The lowest BCUT2D eigenvalue weighted by molar-refractivity contribution is -0.121. The van der Waals surface area contributed by atoms with E-state index in [1.54, 1.807) is 19.1 Å². The molecule has 0 spiro atoms. The number of benzene rings is 2. The Labute approximate surface area is 142 Å². The van der Waals surface area contributed by atoms with Gasteiger partial charge in [0.25, 0.3) is 0 Å². The van der Waals surface area contributed by atoms with Crippen molar-refractivity contribution in [3.8, 4) is 5.75 Å². The molecule has 5 heteroatoms. The summed E-state index contributed by atoms with van der Waals surface area (Å²) in [6.45, 7) is 2.38. The van der Waals surface area contributed by atoms with Gasteiger partial charge < -0.3 is 20.9 Å². The Morgan fingerprint density at radius 2 is 1.96 bits per heavy atom. The number of carbonyl (C=O) groups is 1. The number of aliphatic hydroxyl groups is 1. The number of nitrogens with one attached hydrogen (secondary N) is 1. The van der Waals surface area contributed by atoms with Crippen molar-refractivity contribution in [2.45, 2.75) is 32.1 Å². The van der Waals surface area contributed by atoms with E-state index in [0.29, 0.717) is 17.9 Å². The highest BCUT2D eigenvalue weighted by Gasteiger charge is 2.11. The summed E-state index contributed by atoms with van der Waals surface area (Å²) in [6, 6.07) is 16.9. The van der Waals surface area contributed by atoms with E-state index in [2.05, 4.69) is 5.32 Å². The summed E-state index contributed by atoms with van der Waals surface area (Å²) in [5.41, 5.74) is 7.34. The van der Waals surface area contributed by atoms with Gasteiger partial charge in [-0.05, 0) is 30.2 Å². The number of nitrogens with two attached hydrogens (primary N) is 1. The zero-order valence-corrected chi connectivity index (χ0v) is 13.8. The monoisotopic (exact) mass is 328 g/mol. The summed E-state index contributed by atoms with van der Waals surface area (Å²) in [4.78, 5) is 11.6. The molecule has 2 atom stereocenters. The molecule has 1 amide bonds. The SMILES string of the molecule is CC(N)CC(=O)NCC(O)c1cccc(OCc2ccccc2)c1. The molecular weight excluding hydrogens is 304 g/mol. The van der Waals surface area contributed by atoms with E-state index in [1.165, 1.54) is 0 Å². The van der Waals surface area contributed by atoms with Crippen LogP contribution in [0.5, 0.6) is 5.75 Å². The summed E-state index contributed by atoms with van der Waals surface area (Å²) < 4.78 is 5.75. The van der Waals surface area contributed by atoms with Crippen LogP contribution in [-0.2, 0) is 11.4 Å². The Hall–Kier alpha value is -2.37. The predicted molar refractivity (Wildman–Crippen MR) is 93.5 cm³/mol. The molecule has 0 saturated heterocycles. The summed E-state index contributed by atoms with van der Waals surface area (Å²) in [7, 11) is 0. The van der Waals surface area contributed by atoms with Gasteiger partial charge in [-0.15, -0.1) is 0 Å². The number of carbonyl (C=O) groups excluding carboxylic acids is 1. The van der Waals surface area contributed by atoms with E-state index < -0.39 is 6.10 Å². The average molecular weight is 328 g/mol. The third-order valence-electron chi connectivity index (χ3n) is 3.49. The summed E-state index contributed by atoms with van der Waals surface area (Å²) in [5, 5.41) is 12.9. The van der Waals surface area contributed by atoms with Crippen molar-refractivity contribution in [1.82, 2.24) is 5.32 Å². The van der Waals surface area contributed by atoms with Crippen LogP contribution < -0.4 is 15.8 Å². The normalized spacial score (nSPS) is 13.1. The lowest BCUT2D eigenvalue weighted by Crippen LogP contribution is -2.32. The number of hydrogen-bond donors (Lipinski definition) is 3. The van der Waals surface area contributed by atoms with Crippen molar-refractivity contribution in [3.63, 3.8) is 0 Å². The van der Waals surface area contributed by atoms with E-state index in [4.69, 9.17) is 10.5 Å².